The zero-order valence-corrected chi connectivity index (χ0v) is 12.9. The molecule has 3 nitrogen and oxygen atoms in total. The molecule has 0 fully saturated rings. The topological polar surface area (TPSA) is 46.2 Å². The Morgan fingerprint density at radius 3 is 1.73 bits per heavy atom. The van der Waals surface area contributed by atoms with Gasteiger partial charge < -0.3 is 10.1 Å². The molecule has 0 saturated heterocycles. The number of benzene rings is 2. The second-order valence-electron chi connectivity index (χ2n) is 5.62. The maximum Gasteiger partial charge on any atom is 0.223 e. The molecule has 0 heterocycles. The van der Waals surface area contributed by atoms with Crippen LogP contribution in [0, 0.1) is 5.92 Å². The molecule has 0 bridgehead atoms. The minimum Gasteiger partial charge on any atom is -0.345 e. The van der Waals surface area contributed by atoms with E-state index in [1.807, 2.05) is 74.5 Å². The van der Waals surface area contributed by atoms with E-state index in [2.05, 4.69) is 5.32 Å². The van der Waals surface area contributed by atoms with Crippen LogP contribution in [-0.4, -0.2) is 18.2 Å². The second kappa shape index (κ2) is 7.55. The van der Waals surface area contributed by atoms with E-state index in [9.17, 15) is 9.59 Å². The first kappa shape index (κ1) is 16.0. The molecule has 0 aliphatic heterocycles. The van der Waals surface area contributed by atoms with Crippen LogP contribution in [0.15, 0.2) is 60.7 Å². The molecule has 3 heteroatoms. The number of hydrogen-bond acceptors (Lipinski definition) is 2. The third-order valence-electron chi connectivity index (χ3n) is 3.66. The maximum atomic E-state index is 12.0. The Bertz CT molecular complexity index is 568. The highest BCUT2D eigenvalue weighted by atomic mass is 16.2. The molecule has 2 rings (SSSR count). The van der Waals surface area contributed by atoms with Crippen LogP contribution >= 0.6 is 0 Å². The van der Waals surface area contributed by atoms with E-state index in [-0.39, 0.29) is 17.7 Å². The number of rotatable bonds is 6. The van der Waals surface area contributed by atoms with Gasteiger partial charge in [-0.05, 0) is 11.1 Å². The third-order valence-corrected chi connectivity index (χ3v) is 3.66. The molecule has 1 unspecified atom stereocenters. The Morgan fingerprint density at radius 2 is 1.36 bits per heavy atom. The van der Waals surface area contributed by atoms with Gasteiger partial charge in [-0.15, -0.1) is 0 Å². The summed E-state index contributed by atoms with van der Waals surface area (Å²) in [5, 5.41) is 2.86. The van der Waals surface area contributed by atoms with Gasteiger partial charge in [0.05, 0.1) is 6.04 Å². The first-order valence-corrected chi connectivity index (χ1v) is 7.49. The van der Waals surface area contributed by atoms with Crippen molar-refractivity contribution < 1.29 is 9.59 Å². The normalized spacial score (nSPS) is 12.2. The number of hydrogen-bond donors (Lipinski definition) is 1. The van der Waals surface area contributed by atoms with Gasteiger partial charge >= 0.3 is 0 Å². The molecule has 114 valence electrons. The highest BCUT2D eigenvalue weighted by Crippen LogP contribution is 2.27. The summed E-state index contributed by atoms with van der Waals surface area (Å²) < 4.78 is 0. The summed E-state index contributed by atoms with van der Waals surface area (Å²) in [5.41, 5.74) is 2.02. The predicted octanol–water partition coefficient (Wildman–Crippen LogP) is 3.16. The van der Waals surface area contributed by atoms with Crippen LogP contribution in [0.4, 0.5) is 0 Å². The third kappa shape index (κ3) is 3.82. The van der Waals surface area contributed by atoms with Gasteiger partial charge in [0.1, 0.15) is 6.29 Å². The van der Waals surface area contributed by atoms with E-state index in [4.69, 9.17) is 0 Å². The number of nitrogens with one attached hydrogen (secondary N) is 1. The van der Waals surface area contributed by atoms with Gasteiger partial charge in [-0.25, -0.2) is 0 Å². The summed E-state index contributed by atoms with van der Waals surface area (Å²) in [4.78, 5) is 23.6. The van der Waals surface area contributed by atoms with E-state index in [0.717, 1.165) is 17.4 Å². The fourth-order valence-corrected chi connectivity index (χ4v) is 2.45. The Labute approximate surface area is 131 Å². The summed E-state index contributed by atoms with van der Waals surface area (Å²) in [7, 11) is 0. The van der Waals surface area contributed by atoms with Crippen LogP contribution in [-0.2, 0) is 9.59 Å². The van der Waals surface area contributed by atoms with Gasteiger partial charge in [-0.2, -0.15) is 0 Å². The molecule has 1 N–H and O–H groups in total. The number of carbonyl (C=O) groups is 2. The minimum atomic E-state index is -0.584. The van der Waals surface area contributed by atoms with Crippen LogP contribution < -0.4 is 5.32 Å². The van der Waals surface area contributed by atoms with Gasteiger partial charge in [-0.3, -0.25) is 4.79 Å². The minimum absolute atomic E-state index is 0.117. The molecule has 22 heavy (non-hydrogen) atoms. The van der Waals surface area contributed by atoms with Crippen molar-refractivity contribution in [1.82, 2.24) is 5.32 Å². The van der Waals surface area contributed by atoms with Crippen molar-refractivity contribution in [2.45, 2.75) is 25.8 Å². The molecule has 0 aliphatic rings. The molecular formula is C19H21NO2. The molecule has 2 aromatic rings. The number of amides is 1. The Morgan fingerprint density at radius 1 is 0.909 bits per heavy atom. The van der Waals surface area contributed by atoms with Crippen molar-refractivity contribution >= 4 is 12.2 Å². The molecule has 0 saturated carbocycles. The first-order valence-electron chi connectivity index (χ1n) is 7.49. The predicted molar refractivity (Wildman–Crippen MR) is 87.6 cm³/mol. The number of aldehydes is 1. The monoisotopic (exact) mass is 295 g/mol. The number of carbonyl (C=O) groups excluding carboxylic acids is 2. The summed E-state index contributed by atoms with van der Waals surface area (Å²) in [6.07, 6.45) is 0.824. The van der Waals surface area contributed by atoms with E-state index < -0.39 is 6.04 Å². The molecule has 0 spiro atoms. The highest BCUT2D eigenvalue weighted by Gasteiger charge is 2.26. The van der Waals surface area contributed by atoms with E-state index in [1.165, 1.54) is 0 Å². The van der Waals surface area contributed by atoms with Crippen molar-refractivity contribution in [3.8, 4) is 0 Å². The lowest BCUT2D eigenvalue weighted by molar-refractivity contribution is -0.126. The summed E-state index contributed by atoms with van der Waals surface area (Å²) >= 11 is 0. The SMILES string of the molecule is CC(C)C(=O)NC(C=O)C(c1ccccc1)c1ccccc1. The molecule has 0 radical (unpaired) electrons. The largest absolute Gasteiger partial charge is 0.345 e. The Balaban J connectivity index is 2.39. The fourth-order valence-electron chi connectivity index (χ4n) is 2.45. The zero-order valence-electron chi connectivity index (χ0n) is 12.9. The molecule has 0 aromatic heterocycles. The molecular weight excluding hydrogens is 274 g/mol. The average Bonchev–Trinajstić information content (AvgIpc) is 2.56. The molecule has 1 amide bonds. The van der Waals surface area contributed by atoms with Crippen molar-refractivity contribution in [2.75, 3.05) is 0 Å². The zero-order chi connectivity index (χ0) is 15.9. The Kier molecular flexibility index (Phi) is 5.48. The lowest BCUT2D eigenvalue weighted by Crippen LogP contribution is -2.42. The van der Waals surface area contributed by atoms with E-state index in [1.54, 1.807) is 0 Å². The average molecular weight is 295 g/mol. The standard InChI is InChI=1S/C19H21NO2/c1-14(2)19(22)20-17(13-21)18(15-9-5-3-6-10-15)16-11-7-4-8-12-16/h3-14,17-18H,1-2H3,(H,20,22). The van der Waals surface area contributed by atoms with Gasteiger partial charge in [0.2, 0.25) is 5.91 Å². The maximum absolute atomic E-state index is 12.0. The Hall–Kier alpha value is -2.42. The first-order chi connectivity index (χ1) is 10.6. The van der Waals surface area contributed by atoms with Crippen LogP contribution in [0.1, 0.15) is 30.9 Å². The summed E-state index contributed by atoms with van der Waals surface area (Å²) in [6, 6.07) is 19.0. The van der Waals surface area contributed by atoms with Gasteiger partial charge in [0, 0.05) is 11.8 Å². The van der Waals surface area contributed by atoms with Crippen LogP contribution in [0.5, 0.6) is 0 Å². The fraction of sp³-hybridized carbons (Fsp3) is 0.263. The highest BCUT2D eigenvalue weighted by molar-refractivity contribution is 5.82. The second-order valence-corrected chi connectivity index (χ2v) is 5.62. The van der Waals surface area contributed by atoms with Gasteiger partial charge in [0.15, 0.2) is 0 Å². The van der Waals surface area contributed by atoms with Crippen molar-refractivity contribution in [3.05, 3.63) is 71.8 Å². The van der Waals surface area contributed by atoms with Crippen molar-refractivity contribution in [3.63, 3.8) is 0 Å². The summed E-state index contributed by atoms with van der Waals surface area (Å²) in [6.45, 7) is 3.63. The molecule has 0 aliphatic carbocycles. The van der Waals surface area contributed by atoms with E-state index >= 15 is 0 Å². The van der Waals surface area contributed by atoms with Gasteiger partial charge in [0.25, 0.3) is 0 Å². The molecule has 2 aromatic carbocycles. The van der Waals surface area contributed by atoms with E-state index in [0.29, 0.717) is 0 Å². The van der Waals surface area contributed by atoms with Crippen molar-refractivity contribution in [2.24, 2.45) is 5.92 Å². The lowest BCUT2D eigenvalue weighted by atomic mass is 9.85. The van der Waals surface area contributed by atoms with Gasteiger partial charge in [-0.1, -0.05) is 74.5 Å². The molecule has 1 atom stereocenters. The van der Waals surface area contributed by atoms with Crippen LogP contribution in [0.3, 0.4) is 0 Å². The van der Waals surface area contributed by atoms with Crippen molar-refractivity contribution in [1.29, 1.82) is 0 Å². The quantitative estimate of drug-likeness (QED) is 0.832. The summed E-state index contributed by atoms with van der Waals surface area (Å²) in [5.74, 6) is -0.466. The lowest BCUT2D eigenvalue weighted by Gasteiger charge is -2.25. The van der Waals surface area contributed by atoms with Crippen LogP contribution in [0.2, 0.25) is 0 Å². The smallest absolute Gasteiger partial charge is 0.223 e. The van der Waals surface area contributed by atoms with Crippen LogP contribution in [0.25, 0.3) is 0 Å².